The van der Waals surface area contributed by atoms with Crippen LogP contribution in [0.1, 0.15) is 20.7 Å². The van der Waals surface area contributed by atoms with E-state index in [0.717, 1.165) is 5.75 Å². The molecule has 7 heteroatoms. The quantitative estimate of drug-likeness (QED) is 0.331. The Balaban J connectivity index is 1.32. The van der Waals surface area contributed by atoms with Crippen molar-refractivity contribution in [2.45, 2.75) is 0 Å². The van der Waals surface area contributed by atoms with Crippen molar-refractivity contribution in [1.82, 2.24) is 0 Å². The van der Waals surface area contributed by atoms with Crippen LogP contribution in [0.25, 0.3) is 0 Å². The molecule has 4 aromatic carbocycles. The molecule has 7 nitrogen and oxygen atoms in total. The van der Waals surface area contributed by atoms with Crippen LogP contribution in [-0.2, 0) is 0 Å². The Morgan fingerprint density at radius 1 is 0.486 bits per heavy atom. The molecule has 0 saturated carbocycles. The van der Waals surface area contributed by atoms with Gasteiger partial charge in [-0.15, -0.1) is 0 Å². The van der Waals surface area contributed by atoms with Gasteiger partial charge in [0.2, 0.25) is 0 Å². The molecule has 0 fully saturated rings. The number of anilines is 2. The van der Waals surface area contributed by atoms with Crippen molar-refractivity contribution in [2.24, 2.45) is 0 Å². The lowest BCUT2D eigenvalue weighted by atomic mass is 10.2. The fraction of sp³-hybridized carbons (Fsp3) is 0.0714. The fourth-order valence-corrected chi connectivity index (χ4v) is 3.24. The molecule has 0 aromatic heterocycles. The Hall–Kier alpha value is -4.78. The number of rotatable bonds is 8. The van der Waals surface area contributed by atoms with E-state index in [-0.39, 0.29) is 11.8 Å². The maximum absolute atomic E-state index is 12.5. The van der Waals surface area contributed by atoms with E-state index in [9.17, 15) is 9.59 Å². The topological polar surface area (TPSA) is 85.9 Å². The first-order valence-corrected chi connectivity index (χ1v) is 10.8. The number of nitrogens with one attached hydrogen (secondary N) is 2. The van der Waals surface area contributed by atoms with Crippen LogP contribution in [0.5, 0.6) is 23.0 Å². The lowest BCUT2D eigenvalue weighted by molar-refractivity contribution is 0.101. The van der Waals surface area contributed by atoms with Crippen LogP contribution in [0.4, 0.5) is 11.4 Å². The zero-order valence-corrected chi connectivity index (χ0v) is 19.3. The molecule has 0 aliphatic carbocycles. The number of methoxy groups -OCH3 is 2. The third-order valence-corrected chi connectivity index (χ3v) is 5.16. The smallest absolute Gasteiger partial charge is 0.255 e. The van der Waals surface area contributed by atoms with Crippen LogP contribution in [0.15, 0.2) is 97.1 Å². The molecule has 0 aliphatic rings. The van der Waals surface area contributed by atoms with E-state index < -0.39 is 0 Å². The van der Waals surface area contributed by atoms with Crippen molar-refractivity contribution >= 4 is 23.2 Å². The van der Waals surface area contributed by atoms with Gasteiger partial charge in [0.1, 0.15) is 23.0 Å². The van der Waals surface area contributed by atoms with Crippen molar-refractivity contribution in [3.63, 3.8) is 0 Å². The molecule has 0 unspecified atom stereocenters. The average Bonchev–Trinajstić information content (AvgIpc) is 2.90. The number of carbonyl (C=O) groups is 2. The predicted octanol–water partition coefficient (Wildman–Crippen LogP) is 6.00. The van der Waals surface area contributed by atoms with E-state index in [4.69, 9.17) is 14.2 Å². The summed E-state index contributed by atoms with van der Waals surface area (Å²) in [7, 11) is 3.17. The van der Waals surface area contributed by atoms with E-state index in [1.54, 1.807) is 111 Å². The zero-order chi connectivity index (χ0) is 24.6. The summed E-state index contributed by atoms with van der Waals surface area (Å²) in [5.41, 5.74) is 2.35. The van der Waals surface area contributed by atoms with Crippen LogP contribution >= 0.6 is 0 Å². The molecule has 2 N–H and O–H groups in total. The van der Waals surface area contributed by atoms with Gasteiger partial charge in [0, 0.05) is 22.5 Å². The van der Waals surface area contributed by atoms with E-state index in [2.05, 4.69) is 10.6 Å². The highest BCUT2D eigenvalue weighted by Gasteiger charge is 2.09. The molecule has 4 aromatic rings. The molecule has 0 radical (unpaired) electrons. The number of benzene rings is 4. The molecule has 2 amide bonds. The highest BCUT2D eigenvalue weighted by atomic mass is 16.5. The van der Waals surface area contributed by atoms with E-state index in [1.165, 1.54) is 0 Å². The highest BCUT2D eigenvalue weighted by molar-refractivity contribution is 6.05. The summed E-state index contributed by atoms with van der Waals surface area (Å²) in [4.78, 5) is 24.9. The van der Waals surface area contributed by atoms with Crippen LogP contribution in [0, 0.1) is 0 Å². The summed E-state index contributed by atoms with van der Waals surface area (Å²) < 4.78 is 16.1. The normalized spacial score (nSPS) is 10.2. The monoisotopic (exact) mass is 468 g/mol. The first kappa shape index (κ1) is 23.4. The van der Waals surface area contributed by atoms with E-state index >= 15 is 0 Å². The van der Waals surface area contributed by atoms with E-state index in [0.29, 0.717) is 39.8 Å². The van der Waals surface area contributed by atoms with Gasteiger partial charge in [0.05, 0.1) is 14.2 Å². The van der Waals surface area contributed by atoms with Gasteiger partial charge in [0.25, 0.3) is 11.8 Å². The summed E-state index contributed by atoms with van der Waals surface area (Å²) in [6, 6.07) is 27.8. The van der Waals surface area contributed by atoms with Gasteiger partial charge < -0.3 is 24.8 Å². The lowest BCUT2D eigenvalue weighted by Crippen LogP contribution is -2.11. The molecule has 0 saturated heterocycles. The Morgan fingerprint density at radius 3 is 1.17 bits per heavy atom. The molecule has 4 rings (SSSR count). The molecular weight excluding hydrogens is 444 g/mol. The molecule has 0 heterocycles. The third-order valence-electron chi connectivity index (χ3n) is 5.16. The van der Waals surface area contributed by atoms with Crippen LogP contribution in [0.3, 0.4) is 0 Å². The summed E-state index contributed by atoms with van der Waals surface area (Å²) in [5.74, 6) is 2.15. The van der Waals surface area contributed by atoms with Crippen LogP contribution in [-0.4, -0.2) is 26.0 Å². The summed E-state index contributed by atoms with van der Waals surface area (Å²) in [6.45, 7) is 0. The average molecular weight is 469 g/mol. The minimum atomic E-state index is -0.223. The number of ether oxygens (including phenoxy) is 3. The molecule has 0 spiro atoms. The first-order chi connectivity index (χ1) is 17.0. The Morgan fingerprint density at radius 2 is 0.800 bits per heavy atom. The molecule has 176 valence electrons. The minimum absolute atomic E-state index is 0.218. The number of hydrogen-bond donors (Lipinski definition) is 2. The molecule has 35 heavy (non-hydrogen) atoms. The molecule has 0 aliphatic heterocycles. The maximum atomic E-state index is 12.5. The third kappa shape index (κ3) is 6.17. The summed E-state index contributed by atoms with van der Waals surface area (Å²) in [6.07, 6.45) is 0. The second-order valence-electron chi connectivity index (χ2n) is 7.52. The van der Waals surface area contributed by atoms with Crippen LogP contribution < -0.4 is 24.8 Å². The number of carbonyl (C=O) groups excluding carboxylic acids is 2. The van der Waals surface area contributed by atoms with Crippen molar-refractivity contribution in [2.75, 3.05) is 24.9 Å². The standard InChI is InChI=1S/C28H24N2O5/c1-33-23-11-3-19(4-12-23)27(31)30-22-9-17-26(18-10-22)35-25-13-5-20(6-14-25)28(32)29-21-7-15-24(34-2)16-8-21/h3-18H,1-2H3,(H,29,32)(H,30,31). The van der Waals surface area contributed by atoms with Gasteiger partial charge in [-0.2, -0.15) is 0 Å². The summed E-state index contributed by atoms with van der Waals surface area (Å²) >= 11 is 0. The van der Waals surface area contributed by atoms with Crippen molar-refractivity contribution in [3.05, 3.63) is 108 Å². The summed E-state index contributed by atoms with van der Waals surface area (Å²) in [5, 5.41) is 5.69. The van der Waals surface area contributed by atoms with E-state index in [1.807, 2.05) is 0 Å². The largest absolute Gasteiger partial charge is 0.497 e. The highest BCUT2D eigenvalue weighted by Crippen LogP contribution is 2.24. The second-order valence-corrected chi connectivity index (χ2v) is 7.52. The molecule has 0 atom stereocenters. The minimum Gasteiger partial charge on any atom is -0.497 e. The Labute approximate surface area is 203 Å². The first-order valence-electron chi connectivity index (χ1n) is 10.8. The number of hydrogen-bond acceptors (Lipinski definition) is 5. The SMILES string of the molecule is COc1ccc(NC(=O)c2ccc(Oc3ccc(NC(=O)c4ccc(OC)cc4)cc3)cc2)cc1. The second kappa shape index (κ2) is 10.9. The van der Waals surface area contributed by atoms with Crippen LogP contribution in [0.2, 0.25) is 0 Å². The van der Waals surface area contributed by atoms with Gasteiger partial charge in [0.15, 0.2) is 0 Å². The predicted molar refractivity (Wildman–Crippen MR) is 135 cm³/mol. The van der Waals surface area contributed by atoms with Crippen molar-refractivity contribution < 1.29 is 23.8 Å². The molecule has 0 bridgehead atoms. The van der Waals surface area contributed by atoms with Gasteiger partial charge in [-0.1, -0.05) is 0 Å². The Bertz CT molecular complexity index is 1280. The fourth-order valence-electron chi connectivity index (χ4n) is 3.24. The van der Waals surface area contributed by atoms with Gasteiger partial charge in [-0.05, 0) is 97.1 Å². The maximum Gasteiger partial charge on any atom is 0.255 e. The molecular formula is C28H24N2O5. The lowest BCUT2D eigenvalue weighted by Gasteiger charge is -2.10. The van der Waals surface area contributed by atoms with Gasteiger partial charge in [-0.25, -0.2) is 0 Å². The van der Waals surface area contributed by atoms with Crippen molar-refractivity contribution in [1.29, 1.82) is 0 Å². The zero-order valence-electron chi connectivity index (χ0n) is 19.3. The number of amides is 2. The Kier molecular flexibility index (Phi) is 7.28. The van der Waals surface area contributed by atoms with Gasteiger partial charge >= 0.3 is 0 Å². The van der Waals surface area contributed by atoms with Crippen molar-refractivity contribution in [3.8, 4) is 23.0 Å². The van der Waals surface area contributed by atoms with Gasteiger partial charge in [-0.3, -0.25) is 9.59 Å².